The predicted octanol–water partition coefficient (Wildman–Crippen LogP) is 2.44. The van der Waals surface area contributed by atoms with Crippen molar-refractivity contribution in [3.63, 3.8) is 0 Å². The number of halogens is 1. The highest BCUT2D eigenvalue weighted by Gasteiger charge is 2.49. The van der Waals surface area contributed by atoms with Crippen molar-refractivity contribution in [3.05, 3.63) is 16.7 Å². The van der Waals surface area contributed by atoms with E-state index in [4.69, 9.17) is 26.8 Å². The summed E-state index contributed by atoms with van der Waals surface area (Å²) in [6, 6.07) is 0. The highest BCUT2D eigenvalue weighted by Crippen LogP contribution is 2.75. The minimum atomic E-state index is -2.14. The predicted molar refractivity (Wildman–Crippen MR) is 106 cm³/mol. The maximum Gasteiger partial charge on any atom is 0.280 e. The molecular weight excluding hydrogens is 420 g/mol. The van der Waals surface area contributed by atoms with E-state index in [-0.39, 0.29) is 17.1 Å². The number of fused-ring (bicyclic) bond motifs is 1. The summed E-state index contributed by atoms with van der Waals surface area (Å²) in [5, 5.41) is 0. The normalized spacial score (nSPS) is 31.0. The first kappa shape index (κ1) is 18.7. The summed E-state index contributed by atoms with van der Waals surface area (Å²) >= 11 is 8.81. The van der Waals surface area contributed by atoms with Crippen molar-refractivity contribution in [3.8, 4) is 0 Å². The van der Waals surface area contributed by atoms with Crippen LogP contribution in [0.4, 0.5) is 10.3 Å². The Labute approximate surface area is 161 Å². The SMILES string of the molecule is CC[C@H]1O[C@@H](n2cnc3c(=O)[nH]c(N)nc32)[C@H](F)[C@@H]1OP1(=S)SCCS1. The molecule has 0 saturated carbocycles. The van der Waals surface area contributed by atoms with E-state index in [1.54, 1.807) is 22.8 Å². The second-order valence-corrected chi connectivity index (χ2v) is 16.6. The van der Waals surface area contributed by atoms with Crippen molar-refractivity contribution >= 4 is 56.4 Å². The van der Waals surface area contributed by atoms with Crippen LogP contribution < -0.4 is 11.3 Å². The van der Waals surface area contributed by atoms with Gasteiger partial charge in [0.1, 0.15) is 6.10 Å². The molecule has 142 valence electrons. The van der Waals surface area contributed by atoms with Crippen LogP contribution in [-0.4, -0.2) is 49.4 Å². The fourth-order valence-corrected chi connectivity index (χ4v) is 12.4. The molecule has 0 radical (unpaired) electrons. The molecule has 4 rings (SSSR count). The molecule has 2 aromatic rings. The van der Waals surface area contributed by atoms with E-state index in [9.17, 15) is 4.79 Å². The van der Waals surface area contributed by atoms with Crippen LogP contribution in [-0.2, 0) is 21.1 Å². The molecule has 0 unspecified atom stereocenters. The average Bonchev–Trinajstić information content (AvgIpc) is 3.27. The zero-order chi connectivity index (χ0) is 18.5. The lowest BCUT2D eigenvalue weighted by molar-refractivity contribution is -0.0214. The first-order valence-electron chi connectivity index (χ1n) is 8.01. The zero-order valence-corrected chi connectivity index (χ0v) is 17.0. The minimum Gasteiger partial charge on any atom is -0.369 e. The molecule has 0 aliphatic carbocycles. The van der Waals surface area contributed by atoms with Gasteiger partial charge in [-0.15, -0.1) is 0 Å². The average molecular weight is 437 g/mol. The highest BCUT2D eigenvalue weighted by atomic mass is 33.2. The van der Waals surface area contributed by atoms with Gasteiger partial charge in [-0.25, -0.2) is 9.37 Å². The highest BCUT2D eigenvalue weighted by molar-refractivity contribution is 9.00. The molecule has 2 saturated heterocycles. The van der Waals surface area contributed by atoms with Gasteiger partial charge in [0.2, 0.25) is 5.95 Å². The monoisotopic (exact) mass is 437 g/mol. The molecule has 2 aliphatic heterocycles. The van der Waals surface area contributed by atoms with Gasteiger partial charge in [-0.1, -0.05) is 29.7 Å². The number of aromatic amines is 1. The van der Waals surface area contributed by atoms with Crippen molar-refractivity contribution in [2.75, 3.05) is 17.2 Å². The number of hydrogen-bond acceptors (Lipinski definition) is 9. The van der Waals surface area contributed by atoms with Crippen LogP contribution in [0.1, 0.15) is 19.6 Å². The molecule has 0 spiro atoms. The van der Waals surface area contributed by atoms with Crippen molar-refractivity contribution < 1.29 is 13.7 Å². The van der Waals surface area contributed by atoms with Crippen molar-refractivity contribution in [1.82, 2.24) is 19.5 Å². The third-order valence-corrected chi connectivity index (χ3v) is 14.0. The number of imidazole rings is 1. The van der Waals surface area contributed by atoms with Crippen LogP contribution in [0.5, 0.6) is 0 Å². The number of nitrogens with two attached hydrogens (primary N) is 1. The van der Waals surface area contributed by atoms with E-state index in [1.807, 2.05) is 6.92 Å². The molecule has 2 aliphatic rings. The topological polar surface area (TPSA) is 108 Å². The van der Waals surface area contributed by atoms with Gasteiger partial charge >= 0.3 is 0 Å². The molecule has 2 fully saturated rings. The molecule has 0 bridgehead atoms. The van der Waals surface area contributed by atoms with E-state index in [0.29, 0.717) is 6.42 Å². The number of aromatic nitrogens is 4. The van der Waals surface area contributed by atoms with Crippen LogP contribution in [0, 0.1) is 0 Å². The van der Waals surface area contributed by atoms with Gasteiger partial charge in [-0.2, -0.15) is 4.98 Å². The Kier molecular flexibility index (Phi) is 5.08. The van der Waals surface area contributed by atoms with Crippen LogP contribution >= 0.6 is 27.4 Å². The van der Waals surface area contributed by atoms with Gasteiger partial charge in [0.05, 0.1) is 12.4 Å². The third-order valence-electron chi connectivity index (χ3n) is 4.23. The molecule has 13 heteroatoms. The van der Waals surface area contributed by atoms with E-state index in [1.165, 1.54) is 10.9 Å². The smallest absolute Gasteiger partial charge is 0.280 e. The van der Waals surface area contributed by atoms with Gasteiger partial charge in [0.25, 0.3) is 5.56 Å². The summed E-state index contributed by atoms with van der Waals surface area (Å²) in [5.74, 6) is 1.78. The number of nitrogens with zero attached hydrogens (tertiary/aromatic N) is 3. The van der Waals surface area contributed by atoms with Crippen LogP contribution in [0.3, 0.4) is 0 Å². The van der Waals surface area contributed by atoms with Crippen LogP contribution in [0.25, 0.3) is 11.2 Å². The second-order valence-electron chi connectivity index (χ2n) is 5.88. The number of ether oxygens (including phenoxy) is 1. The lowest BCUT2D eigenvalue weighted by Gasteiger charge is -2.24. The molecule has 3 N–H and O–H groups in total. The van der Waals surface area contributed by atoms with Gasteiger partial charge in [-0.3, -0.25) is 14.3 Å². The van der Waals surface area contributed by atoms with Crippen LogP contribution in [0.15, 0.2) is 11.1 Å². The molecule has 0 amide bonds. The van der Waals surface area contributed by atoms with Gasteiger partial charge in [0.15, 0.2) is 28.2 Å². The number of nitrogens with one attached hydrogen (secondary N) is 1. The first-order valence-corrected chi connectivity index (χ1v) is 13.9. The fraction of sp³-hybridized carbons (Fsp3) is 0.615. The molecule has 26 heavy (non-hydrogen) atoms. The van der Waals surface area contributed by atoms with E-state index < -0.39 is 34.8 Å². The molecule has 2 aromatic heterocycles. The Hall–Kier alpha value is -0.650. The lowest BCUT2D eigenvalue weighted by atomic mass is 10.1. The molecule has 8 nitrogen and oxygen atoms in total. The van der Waals surface area contributed by atoms with Crippen molar-refractivity contribution in [1.29, 1.82) is 0 Å². The molecule has 4 heterocycles. The van der Waals surface area contributed by atoms with Crippen LogP contribution in [0.2, 0.25) is 0 Å². The Morgan fingerprint density at radius 2 is 2.31 bits per heavy atom. The number of H-pyrrole nitrogens is 1. The summed E-state index contributed by atoms with van der Waals surface area (Å²) in [6.07, 6.45) is -1.73. The number of rotatable bonds is 4. The quantitative estimate of drug-likeness (QED) is 0.697. The molecule has 4 atom stereocenters. The number of nitrogen functional groups attached to an aromatic ring is 1. The minimum absolute atomic E-state index is 0.0633. The third kappa shape index (κ3) is 3.20. The number of alkyl halides is 1. The number of hydrogen-bond donors (Lipinski definition) is 2. The lowest BCUT2D eigenvalue weighted by Crippen LogP contribution is -2.30. The Morgan fingerprint density at radius 3 is 3.00 bits per heavy atom. The maximum atomic E-state index is 15.3. The summed E-state index contributed by atoms with van der Waals surface area (Å²) in [4.78, 5) is 22.4. The van der Waals surface area contributed by atoms with Gasteiger partial charge in [0, 0.05) is 11.5 Å². The fourth-order valence-electron chi connectivity index (χ4n) is 3.05. The maximum absolute atomic E-state index is 15.3. The Bertz CT molecular complexity index is 929. The van der Waals surface area contributed by atoms with E-state index >= 15 is 4.39 Å². The number of anilines is 1. The summed E-state index contributed by atoms with van der Waals surface area (Å²) in [7, 11) is 0. The largest absolute Gasteiger partial charge is 0.369 e. The molecular formula is C13H17FN5O3PS3. The Morgan fingerprint density at radius 1 is 1.58 bits per heavy atom. The van der Waals surface area contributed by atoms with E-state index in [2.05, 4.69) is 15.0 Å². The van der Waals surface area contributed by atoms with Crippen molar-refractivity contribution in [2.45, 2.75) is 38.0 Å². The van der Waals surface area contributed by atoms with Crippen molar-refractivity contribution in [2.24, 2.45) is 0 Å². The van der Waals surface area contributed by atoms with Gasteiger partial charge < -0.3 is 15.0 Å². The van der Waals surface area contributed by atoms with Gasteiger partial charge in [-0.05, 0) is 18.2 Å². The second kappa shape index (κ2) is 7.06. The summed E-state index contributed by atoms with van der Waals surface area (Å²) < 4.78 is 26.5. The van der Waals surface area contributed by atoms with E-state index in [0.717, 1.165) is 11.5 Å². The summed E-state index contributed by atoms with van der Waals surface area (Å²) in [6.45, 7) is 1.91. The zero-order valence-electron chi connectivity index (χ0n) is 13.7. The Balaban J connectivity index is 1.68. The first-order chi connectivity index (χ1) is 12.4. The summed E-state index contributed by atoms with van der Waals surface area (Å²) in [5.41, 5.74) is 5.40. The standard InChI is InChI=1S/C13H17FN5O3PS3/c1-2-6-9(22-23(24)25-3-4-26-23)7(14)12(21-6)19-5-16-8-10(19)17-13(15)18-11(8)20/h5-7,9,12H,2-4H2,1H3,(H3,15,17,18,20)/t6-,7-,9-,12-/m1/s1. The molecule has 0 aromatic carbocycles.